The molecule has 0 atom stereocenters. The summed E-state index contributed by atoms with van der Waals surface area (Å²) in [5, 5.41) is 23.0. The third-order valence-electron chi connectivity index (χ3n) is 3.68. The predicted octanol–water partition coefficient (Wildman–Crippen LogP) is 3.46. The molecule has 0 radical (unpaired) electrons. The molecule has 5 heteroatoms. The lowest BCUT2D eigenvalue weighted by Gasteiger charge is -2.11. The summed E-state index contributed by atoms with van der Waals surface area (Å²) in [5.41, 5.74) is 0.439. The van der Waals surface area contributed by atoms with Crippen molar-refractivity contribution in [3.05, 3.63) is 33.9 Å². The molecule has 19 heavy (non-hydrogen) atoms. The van der Waals surface area contributed by atoms with E-state index in [-0.39, 0.29) is 11.3 Å². The summed E-state index contributed by atoms with van der Waals surface area (Å²) >= 11 is 0. The molecule has 1 aliphatic rings. The van der Waals surface area contributed by atoms with Crippen LogP contribution in [0.15, 0.2) is 18.2 Å². The Morgan fingerprint density at radius 1 is 1.42 bits per heavy atom. The number of nitrogens with one attached hydrogen (secondary N) is 1. The molecule has 1 saturated carbocycles. The van der Waals surface area contributed by atoms with Crippen LogP contribution in [0.1, 0.15) is 37.7 Å². The van der Waals surface area contributed by atoms with E-state index in [9.17, 15) is 10.1 Å². The molecule has 1 fully saturated rings. The first-order valence-corrected chi connectivity index (χ1v) is 6.63. The monoisotopic (exact) mass is 259 g/mol. The topological polar surface area (TPSA) is 79.0 Å². The van der Waals surface area contributed by atoms with Gasteiger partial charge in [-0.2, -0.15) is 5.26 Å². The maximum atomic E-state index is 11.0. The van der Waals surface area contributed by atoms with Crippen LogP contribution in [0.4, 0.5) is 11.4 Å². The normalized spacial score (nSPS) is 15.1. The van der Waals surface area contributed by atoms with Gasteiger partial charge >= 0.3 is 5.69 Å². The number of nitro groups is 1. The molecule has 0 spiro atoms. The number of nitriles is 1. The minimum absolute atomic E-state index is 0.107. The van der Waals surface area contributed by atoms with Crippen molar-refractivity contribution in [1.29, 1.82) is 5.26 Å². The second-order valence-corrected chi connectivity index (χ2v) is 4.94. The van der Waals surface area contributed by atoms with Crippen LogP contribution < -0.4 is 5.32 Å². The van der Waals surface area contributed by atoms with Crippen molar-refractivity contribution in [3.8, 4) is 6.07 Å². The Labute approximate surface area is 112 Å². The fraction of sp³-hybridized carbons (Fsp3) is 0.500. The lowest BCUT2D eigenvalue weighted by atomic mass is 10.0. The van der Waals surface area contributed by atoms with Crippen LogP contribution in [0.25, 0.3) is 0 Å². The number of nitrogens with zero attached hydrogens (tertiary/aromatic N) is 2. The fourth-order valence-corrected chi connectivity index (χ4v) is 2.68. The molecular formula is C14H17N3O2. The smallest absolute Gasteiger partial charge is 0.309 e. The number of rotatable bonds is 5. The van der Waals surface area contributed by atoms with Crippen molar-refractivity contribution in [3.63, 3.8) is 0 Å². The molecule has 100 valence electrons. The molecule has 0 aromatic heterocycles. The van der Waals surface area contributed by atoms with Crippen LogP contribution in [-0.2, 0) is 0 Å². The first-order chi connectivity index (χ1) is 9.22. The number of hydrogen-bond acceptors (Lipinski definition) is 4. The Kier molecular flexibility index (Phi) is 4.35. The highest BCUT2D eigenvalue weighted by atomic mass is 16.6. The zero-order valence-corrected chi connectivity index (χ0v) is 10.8. The van der Waals surface area contributed by atoms with Crippen LogP contribution in [0, 0.1) is 27.4 Å². The van der Waals surface area contributed by atoms with E-state index in [1.54, 1.807) is 12.1 Å². The van der Waals surface area contributed by atoms with Gasteiger partial charge in [0.05, 0.1) is 4.92 Å². The third-order valence-corrected chi connectivity index (χ3v) is 3.68. The highest BCUT2D eigenvalue weighted by molar-refractivity contribution is 5.68. The quantitative estimate of drug-likeness (QED) is 0.648. The number of para-hydroxylation sites is 1. The molecule has 2 rings (SSSR count). The molecule has 0 saturated heterocycles. The second-order valence-electron chi connectivity index (χ2n) is 4.94. The zero-order valence-electron chi connectivity index (χ0n) is 10.8. The molecular weight excluding hydrogens is 242 g/mol. The lowest BCUT2D eigenvalue weighted by molar-refractivity contribution is -0.384. The number of anilines is 1. The summed E-state index contributed by atoms with van der Waals surface area (Å²) in [7, 11) is 0. The molecule has 1 N–H and O–H groups in total. The maximum Gasteiger partial charge on any atom is 0.309 e. The number of nitro benzene ring substituents is 1. The van der Waals surface area contributed by atoms with E-state index in [0.29, 0.717) is 5.69 Å². The van der Waals surface area contributed by atoms with Crippen molar-refractivity contribution >= 4 is 11.4 Å². The Morgan fingerprint density at radius 3 is 2.79 bits per heavy atom. The molecule has 0 amide bonds. The van der Waals surface area contributed by atoms with E-state index in [4.69, 9.17) is 5.26 Å². The van der Waals surface area contributed by atoms with Gasteiger partial charge in [-0.25, -0.2) is 0 Å². The average molecular weight is 259 g/mol. The summed E-state index contributed by atoms with van der Waals surface area (Å²) in [4.78, 5) is 10.5. The van der Waals surface area contributed by atoms with Gasteiger partial charge in [-0.05, 0) is 24.5 Å². The van der Waals surface area contributed by atoms with Gasteiger partial charge < -0.3 is 5.32 Å². The van der Waals surface area contributed by atoms with Crippen molar-refractivity contribution in [2.24, 2.45) is 5.92 Å². The second kappa shape index (κ2) is 6.19. The summed E-state index contributed by atoms with van der Waals surface area (Å²) in [6.45, 7) is 0.723. The standard InChI is InChI=1S/C14H17N3O2/c15-10-12-6-3-7-13(14(12)17(18)19)16-9-8-11-4-1-2-5-11/h3,6-7,11,16H,1-2,4-5,8-9H2. The molecule has 1 aliphatic carbocycles. The van der Waals surface area contributed by atoms with Crippen molar-refractivity contribution in [2.75, 3.05) is 11.9 Å². The minimum atomic E-state index is -0.490. The average Bonchev–Trinajstić information content (AvgIpc) is 2.91. The SMILES string of the molecule is N#Cc1cccc(NCCC2CCCC2)c1[N+](=O)[O-]. The molecule has 5 nitrogen and oxygen atoms in total. The third kappa shape index (κ3) is 3.22. The lowest BCUT2D eigenvalue weighted by Crippen LogP contribution is -2.08. The van der Waals surface area contributed by atoms with Crippen molar-refractivity contribution in [2.45, 2.75) is 32.1 Å². The minimum Gasteiger partial charge on any atom is -0.379 e. The van der Waals surface area contributed by atoms with Gasteiger partial charge in [-0.1, -0.05) is 31.7 Å². The summed E-state index contributed by atoms with van der Waals surface area (Å²) < 4.78 is 0. The van der Waals surface area contributed by atoms with Crippen LogP contribution in [0.5, 0.6) is 0 Å². The van der Waals surface area contributed by atoms with E-state index in [0.717, 1.165) is 18.9 Å². The van der Waals surface area contributed by atoms with E-state index >= 15 is 0 Å². The van der Waals surface area contributed by atoms with Gasteiger partial charge in [0.15, 0.2) is 0 Å². The van der Waals surface area contributed by atoms with Crippen LogP contribution in [0.3, 0.4) is 0 Å². The van der Waals surface area contributed by atoms with Crippen molar-refractivity contribution in [1.82, 2.24) is 0 Å². The summed E-state index contributed by atoms with van der Waals surface area (Å²) in [6, 6.07) is 6.67. The molecule has 1 aromatic rings. The Bertz CT molecular complexity index is 502. The van der Waals surface area contributed by atoms with Gasteiger partial charge in [-0.15, -0.1) is 0 Å². The van der Waals surface area contributed by atoms with E-state index < -0.39 is 4.92 Å². The number of hydrogen-bond donors (Lipinski definition) is 1. The Hall–Kier alpha value is -2.09. The first-order valence-electron chi connectivity index (χ1n) is 6.63. The molecule has 0 unspecified atom stereocenters. The van der Waals surface area contributed by atoms with Crippen molar-refractivity contribution < 1.29 is 4.92 Å². The van der Waals surface area contributed by atoms with Crippen LogP contribution in [-0.4, -0.2) is 11.5 Å². The molecule has 0 bridgehead atoms. The van der Waals surface area contributed by atoms with Crippen LogP contribution >= 0.6 is 0 Å². The largest absolute Gasteiger partial charge is 0.379 e. The summed E-state index contributed by atoms with van der Waals surface area (Å²) in [6.07, 6.45) is 6.17. The first kappa shape index (κ1) is 13.3. The Morgan fingerprint density at radius 2 is 2.16 bits per heavy atom. The molecule has 1 aromatic carbocycles. The van der Waals surface area contributed by atoms with E-state index in [1.807, 2.05) is 6.07 Å². The molecule has 0 aliphatic heterocycles. The maximum absolute atomic E-state index is 11.0. The van der Waals surface area contributed by atoms with Crippen LogP contribution in [0.2, 0.25) is 0 Å². The van der Waals surface area contributed by atoms with E-state index in [2.05, 4.69) is 5.32 Å². The molecule has 0 heterocycles. The number of benzene rings is 1. The highest BCUT2D eigenvalue weighted by Gasteiger charge is 2.20. The Balaban J connectivity index is 2.03. The summed E-state index contributed by atoms with van der Waals surface area (Å²) in [5.74, 6) is 0.741. The predicted molar refractivity (Wildman–Crippen MR) is 72.9 cm³/mol. The van der Waals surface area contributed by atoms with Gasteiger partial charge in [0.2, 0.25) is 0 Å². The van der Waals surface area contributed by atoms with Gasteiger partial charge in [0, 0.05) is 6.54 Å². The fourth-order valence-electron chi connectivity index (χ4n) is 2.68. The highest BCUT2D eigenvalue weighted by Crippen LogP contribution is 2.30. The van der Waals surface area contributed by atoms with Gasteiger partial charge in [0.1, 0.15) is 17.3 Å². The van der Waals surface area contributed by atoms with Gasteiger partial charge in [0.25, 0.3) is 0 Å². The van der Waals surface area contributed by atoms with E-state index in [1.165, 1.54) is 31.7 Å². The zero-order chi connectivity index (χ0) is 13.7. The van der Waals surface area contributed by atoms with Gasteiger partial charge in [-0.3, -0.25) is 10.1 Å².